The number of halogens is 1. The molecule has 0 bridgehead atoms. The number of carbonyl (C=O) groups excluding carboxylic acids is 1. The summed E-state index contributed by atoms with van der Waals surface area (Å²) < 4.78 is 1.84. The third kappa shape index (κ3) is 3.23. The van der Waals surface area contributed by atoms with Gasteiger partial charge in [-0.15, -0.1) is 11.6 Å². The van der Waals surface area contributed by atoms with Crippen molar-refractivity contribution in [2.75, 3.05) is 12.4 Å². The number of nitrogens with zero attached hydrogens (tertiary/aromatic N) is 3. The molecule has 84 valence electrons. The Labute approximate surface area is 94.8 Å². The van der Waals surface area contributed by atoms with Crippen LogP contribution in [0.5, 0.6) is 0 Å². The number of hydrogen-bond acceptors (Lipinski definition) is 2. The van der Waals surface area contributed by atoms with Crippen LogP contribution < -0.4 is 0 Å². The van der Waals surface area contributed by atoms with E-state index in [-0.39, 0.29) is 11.8 Å². The number of alkyl halides is 1. The lowest BCUT2D eigenvalue weighted by molar-refractivity contribution is -0.128. The highest BCUT2D eigenvalue weighted by molar-refractivity contribution is 6.27. The molecule has 0 N–H and O–H groups in total. The third-order valence-electron chi connectivity index (χ3n) is 2.23. The van der Waals surface area contributed by atoms with Crippen molar-refractivity contribution in [2.24, 2.45) is 0 Å². The van der Waals surface area contributed by atoms with Crippen LogP contribution in [0.25, 0.3) is 0 Å². The maximum atomic E-state index is 11.4. The van der Waals surface area contributed by atoms with Crippen LogP contribution in [0.4, 0.5) is 0 Å². The van der Waals surface area contributed by atoms with Gasteiger partial charge in [0.05, 0.1) is 6.20 Å². The fourth-order valence-corrected chi connectivity index (χ4v) is 1.51. The van der Waals surface area contributed by atoms with Gasteiger partial charge in [-0.25, -0.2) is 0 Å². The van der Waals surface area contributed by atoms with E-state index in [0.717, 1.165) is 12.1 Å². The van der Waals surface area contributed by atoms with Crippen molar-refractivity contribution in [2.45, 2.75) is 26.9 Å². The fraction of sp³-hybridized carbons (Fsp3) is 0.600. The normalized spacial score (nSPS) is 10.3. The van der Waals surface area contributed by atoms with Crippen LogP contribution in [0.3, 0.4) is 0 Å². The molecule has 0 unspecified atom stereocenters. The van der Waals surface area contributed by atoms with Crippen LogP contribution >= 0.6 is 11.6 Å². The fourth-order valence-electron chi connectivity index (χ4n) is 1.34. The molecule has 1 aromatic rings. The molecule has 0 aliphatic carbocycles. The topological polar surface area (TPSA) is 38.1 Å². The Hall–Kier alpha value is -1.03. The number of aryl methyl sites for hydroxylation is 1. The maximum absolute atomic E-state index is 11.4. The van der Waals surface area contributed by atoms with E-state index in [4.69, 9.17) is 11.6 Å². The highest BCUT2D eigenvalue weighted by atomic mass is 35.5. The smallest absolute Gasteiger partial charge is 0.237 e. The summed E-state index contributed by atoms with van der Waals surface area (Å²) in [7, 11) is 0. The average Bonchev–Trinajstić information content (AvgIpc) is 2.72. The van der Waals surface area contributed by atoms with Crippen LogP contribution in [0, 0.1) is 0 Å². The summed E-state index contributed by atoms with van der Waals surface area (Å²) in [4.78, 5) is 13.1. The van der Waals surface area contributed by atoms with Gasteiger partial charge < -0.3 is 4.90 Å². The first kappa shape index (κ1) is 12.0. The molecule has 0 spiro atoms. The van der Waals surface area contributed by atoms with Gasteiger partial charge in [0.1, 0.15) is 5.88 Å². The van der Waals surface area contributed by atoms with E-state index in [1.807, 2.05) is 24.7 Å². The Kier molecular flexibility index (Phi) is 4.62. The van der Waals surface area contributed by atoms with Crippen molar-refractivity contribution in [3.8, 4) is 0 Å². The van der Waals surface area contributed by atoms with Crippen molar-refractivity contribution >= 4 is 17.5 Å². The Bertz CT molecular complexity index is 324. The van der Waals surface area contributed by atoms with Gasteiger partial charge in [-0.05, 0) is 13.8 Å². The monoisotopic (exact) mass is 229 g/mol. The lowest BCUT2D eigenvalue weighted by Crippen LogP contribution is -2.31. The molecule has 0 fully saturated rings. The second-order valence-electron chi connectivity index (χ2n) is 3.25. The molecule has 1 amide bonds. The molecule has 0 aliphatic heterocycles. The lowest BCUT2D eigenvalue weighted by Gasteiger charge is -2.18. The third-order valence-corrected chi connectivity index (χ3v) is 2.46. The molecule has 1 rings (SSSR count). The molecule has 15 heavy (non-hydrogen) atoms. The standard InChI is InChI=1S/C10H16ClN3O/c1-3-13(10(15)5-11)7-9-6-12-14(4-2)8-9/h6,8H,3-5,7H2,1-2H3. The van der Waals surface area contributed by atoms with Gasteiger partial charge in [0.25, 0.3) is 0 Å². The van der Waals surface area contributed by atoms with E-state index in [1.165, 1.54) is 0 Å². The van der Waals surface area contributed by atoms with E-state index in [2.05, 4.69) is 5.10 Å². The van der Waals surface area contributed by atoms with Crippen LogP contribution in [0.1, 0.15) is 19.4 Å². The summed E-state index contributed by atoms with van der Waals surface area (Å²) >= 11 is 5.51. The van der Waals surface area contributed by atoms with Crippen molar-refractivity contribution < 1.29 is 4.79 Å². The van der Waals surface area contributed by atoms with Crippen LogP contribution in [0.2, 0.25) is 0 Å². The van der Waals surface area contributed by atoms with Gasteiger partial charge in [-0.2, -0.15) is 5.10 Å². The number of carbonyl (C=O) groups is 1. The summed E-state index contributed by atoms with van der Waals surface area (Å²) in [5.74, 6) is -0.00105. The second-order valence-corrected chi connectivity index (χ2v) is 3.51. The molecule has 0 aromatic carbocycles. The number of hydrogen-bond donors (Lipinski definition) is 0. The van der Waals surface area contributed by atoms with E-state index in [0.29, 0.717) is 13.1 Å². The Morgan fingerprint density at radius 3 is 2.80 bits per heavy atom. The van der Waals surface area contributed by atoms with Gasteiger partial charge in [0.15, 0.2) is 0 Å². The van der Waals surface area contributed by atoms with Crippen LogP contribution in [0.15, 0.2) is 12.4 Å². The molecule has 0 radical (unpaired) electrons. The van der Waals surface area contributed by atoms with Crippen molar-refractivity contribution in [1.29, 1.82) is 0 Å². The largest absolute Gasteiger partial charge is 0.337 e. The first-order chi connectivity index (χ1) is 7.21. The van der Waals surface area contributed by atoms with Crippen LogP contribution in [-0.2, 0) is 17.9 Å². The maximum Gasteiger partial charge on any atom is 0.237 e. The minimum atomic E-state index is -0.0385. The highest BCUT2D eigenvalue weighted by Gasteiger charge is 2.11. The number of rotatable bonds is 5. The predicted octanol–water partition coefficient (Wildman–Crippen LogP) is 1.49. The lowest BCUT2D eigenvalue weighted by atomic mass is 10.3. The second kappa shape index (κ2) is 5.75. The van der Waals surface area contributed by atoms with Crippen molar-refractivity contribution in [1.82, 2.24) is 14.7 Å². The minimum absolute atomic E-state index is 0.0375. The number of amides is 1. The molecule has 5 heteroatoms. The average molecular weight is 230 g/mol. The summed E-state index contributed by atoms with van der Waals surface area (Å²) in [5.41, 5.74) is 1.04. The SMILES string of the molecule is CCN(Cc1cnn(CC)c1)C(=O)CCl. The van der Waals surface area contributed by atoms with Gasteiger partial charge in [-0.3, -0.25) is 9.48 Å². The summed E-state index contributed by atoms with van der Waals surface area (Å²) in [5, 5.41) is 4.15. The predicted molar refractivity (Wildman–Crippen MR) is 59.7 cm³/mol. The van der Waals surface area contributed by atoms with Gasteiger partial charge in [0.2, 0.25) is 5.91 Å². The molecule has 1 heterocycles. The molecular weight excluding hydrogens is 214 g/mol. The highest BCUT2D eigenvalue weighted by Crippen LogP contribution is 2.04. The summed E-state index contributed by atoms with van der Waals surface area (Å²) in [6.07, 6.45) is 3.73. The van der Waals surface area contributed by atoms with E-state index in [1.54, 1.807) is 11.1 Å². The number of aromatic nitrogens is 2. The first-order valence-electron chi connectivity index (χ1n) is 5.06. The van der Waals surface area contributed by atoms with E-state index < -0.39 is 0 Å². The zero-order valence-corrected chi connectivity index (χ0v) is 9.87. The Morgan fingerprint density at radius 1 is 1.60 bits per heavy atom. The zero-order valence-electron chi connectivity index (χ0n) is 9.11. The molecule has 0 saturated carbocycles. The molecule has 0 saturated heterocycles. The Balaban J connectivity index is 2.62. The van der Waals surface area contributed by atoms with Crippen molar-refractivity contribution in [3.05, 3.63) is 18.0 Å². The van der Waals surface area contributed by atoms with Gasteiger partial charge in [0, 0.05) is 31.4 Å². The van der Waals surface area contributed by atoms with E-state index >= 15 is 0 Å². The summed E-state index contributed by atoms with van der Waals surface area (Å²) in [6, 6.07) is 0. The quantitative estimate of drug-likeness (QED) is 0.718. The van der Waals surface area contributed by atoms with Gasteiger partial charge >= 0.3 is 0 Å². The first-order valence-corrected chi connectivity index (χ1v) is 5.59. The summed E-state index contributed by atoms with van der Waals surface area (Å²) in [6.45, 7) is 6.06. The molecule has 1 aromatic heterocycles. The van der Waals surface area contributed by atoms with E-state index in [9.17, 15) is 4.79 Å². The zero-order chi connectivity index (χ0) is 11.3. The molecule has 4 nitrogen and oxygen atoms in total. The van der Waals surface area contributed by atoms with Gasteiger partial charge in [-0.1, -0.05) is 0 Å². The molecule has 0 aliphatic rings. The van der Waals surface area contributed by atoms with Crippen molar-refractivity contribution in [3.63, 3.8) is 0 Å². The minimum Gasteiger partial charge on any atom is -0.337 e. The van der Waals surface area contributed by atoms with Crippen LogP contribution in [-0.4, -0.2) is 33.0 Å². The molecule has 0 atom stereocenters. The Morgan fingerprint density at radius 2 is 2.33 bits per heavy atom. The molecular formula is C10H16ClN3O.